The third-order valence-corrected chi connectivity index (χ3v) is 11.9. The number of rotatable bonds is 6. The third kappa shape index (κ3) is 5.60. The van der Waals surface area contributed by atoms with Crippen LogP contribution in [0.3, 0.4) is 0 Å². The second kappa shape index (κ2) is 13.3. The Bertz CT molecular complexity index is 3160. The Hall–Kier alpha value is -7.08. The van der Waals surface area contributed by atoms with Gasteiger partial charge in [0.25, 0.3) is 0 Å². The lowest BCUT2D eigenvalue weighted by Gasteiger charge is -2.24. The van der Waals surface area contributed by atoms with Gasteiger partial charge >= 0.3 is 0 Å². The van der Waals surface area contributed by atoms with Crippen molar-refractivity contribution in [1.29, 1.82) is 0 Å². The highest BCUT2D eigenvalue weighted by Gasteiger charge is 2.22. The van der Waals surface area contributed by atoms with Crippen molar-refractivity contribution in [3.63, 3.8) is 0 Å². The minimum absolute atomic E-state index is 0.317. The molecule has 2 aromatic heterocycles. The number of aliphatic imine (C=N–C) groups is 2. The minimum Gasteiger partial charge on any atom is -0.456 e. The van der Waals surface area contributed by atoms with E-state index in [9.17, 15) is 0 Å². The van der Waals surface area contributed by atoms with Crippen LogP contribution in [0.15, 0.2) is 202 Å². The van der Waals surface area contributed by atoms with E-state index in [1.807, 2.05) is 47.7 Å². The minimum atomic E-state index is -0.317. The number of thiophene rings is 1. The summed E-state index contributed by atoms with van der Waals surface area (Å²) in [5.74, 6) is 1.51. The van der Waals surface area contributed by atoms with Gasteiger partial charge in [0.2, 0.25) is 0 Å². The van der Waals surface area contributed by atoms with E-state index in [2.05, 4.69) is 157 Å². The number of hydrogen-bond donors (Lipinski definition) is 1. The van der Waals surface area contributed by atoms with Crippen molar-refractivity contribution in [1.82, 2.24) is 5.32 Å². The zero-order valence-electron chi connectivity index (χ0n) is 30.2. The van der Waals surface area contributed by atoms with Gasteiger partial charge in [-0.05, 0) is 81.4 Å². The number of furan rings is 1. The molecule has 1 atom stereocenters. The van der Waals surface area contributed by atoms with Crippen LogP contribution in [0.4, 0.5) is 0 Å². The molecule has 1 aliphatic heterocycles. The summed E-state index contributed by atoms with van der Waals surface area (Å²) in [6, 6.07) is 66.3. The van der Waals surface area contributed by atoms with Gasteiger partial charge in [-0.3, -0.25) is 0 Å². The van der Waals surface area contributed by atoms with Crippen LogP contribution in [0.25, 0.3) is 75.5 Å². The summed E-state index contributed by atoms with van der Waals surface area (Å²) in [5, 5.41) is 8.42. The van der Waals surface area contributed by atoms with E-state index in [0.717, 1.165) is 61.2 Å². The predicted molar refractivity (Wildman–Crippen MR) is 235 cm³/mol. The summed E-state index contributed by atoms with van der Waals surface area (Å²) in [5.41, 5.74) is 11.8. The van der Waals surface area contributed by atoms with E-state index < -0.39 is 0 Å². The highest BCUT2D eigenvalue weighted by Crippen LogP contribution is 2.43. The molecule has 1 aliphatic rings. The van der Waals surface area contributed by atoms with E-state index in [0.29, 0.717) is 5.84 Å². The van der Waals surface area contributed by atoms with Crippen LogP contribution in [0.1, 0.15) is 22.9 Å². The van der Waals surface area contributed by atoms with Crippen molar-refractivity contribution in [2.24, 2.45) is 9.98 Å². The summed E-state index contributed by atoms with van der Waals surface area (Å²) in [6.45, 7) is 0. The zero-order valence-corrected chi connectivity index (χ0v) is 31.0. The summed E-state index contributed by atoms with van der Waals surface area (Å²) in [7, 11) is 0. The molecule has 0 aliphatic carbocycles. The third-order valence-electron chi connectivity index (χ3n) is 10.7. The van der Waals surface area contributed by atoms with Crippen molar-refractivity contribution in [2.75, 3.05) is 0 Å². The van der Waals surface area contributed by atoms with Gasteiger partial charge in [0.15, 0.2) is 5.84 Å². The first kappa shape index (κ1) is 32.4. The van der Waals surface area contributed by atoms with Crippen LogP contribution >= 0.6 is 11.3 Å². The summed E-state index contributed by atoms with van der Waals surface area (Å²) in [4.78, 5) is 10.1. The Morgan fingerprint density at radius 2 is 1.11 bits per heavy atom. The molecule has 0 saturated carbocycles. The van der Waals surface area contributed by atoms with Gasteiger partial charge in [0.1, 0.15) is 23.2 Å². The molecular formula is C51H33N3OS. The predicted octanol–water partition coefficient (Wildman–Crippen LogP) is 13.5. The molecule has 1 N–H and O–H groups in total. The maximum atomic E-state index is 6.62. The van der Waals surface area contributed by atoms with Crippen LogP contribution in [0, 0.1) is 0 Å². The fourth-order valence-corrected chi connectivity index (χ4v) is 9.18. The lowest BCUT2D eigenvalue weighted by atomic mass is 9.95. The molecule has 8 aromatic carbocycles. The molecule has 56 heavy (non-hydrogen) atoms. The standard InChI is InChI=1S/C51H33N3OS/c1-4-13-32(14-5-1)39-22-12-24-46-48(39)42-30-35(26-28-45(42)56-46)36-25-27-41-44(31-36)55-43-23-11-21-40(47(41)43)37-19-10-20-38(29-37)51-53-49(33-15-6-2-7-16-33)52-50(54-51)34-17-8-3-9-18-34/h1-31,51H,(H,52,53,54). The van der Waals surface area contributed by atoms with E-state index in [1.165, 1.54) is 36.9 Å². The van der Waals surface area contributed by atoms with Gasteiger partial charge in [-0.15, -0.1) is 11.3 Å². The van der Waals surface area contributed by atoms with Crippen molar-refractivity contribution in [3.8, 4) is 33.4 Å². The fraction of sp³-hybridized carbons (Fsp3) is 0.0196. The average Bonchev–Trinajstić information content (AvgIpc) is 3.85. The van der Waals surface area contributed by atoms with Gasteiger partial charge in [-0.2, -0.15) is 0 Å². The lowest BCUT2D eigenvalue weighted by molar-refractivity contribution is 0.669. The number of benzene rings is 8. The fourth-order valence-electron chi connectivity index (χ4n) is 8.07. The van der Waals surface area contributed by atoms with Crippen LogP contribution < -0.4 is 5.32 Å². The molecule has 0 saturated heterocycles. The van der Waals surface area contributed by atoms with Gasteiger partial charge in [-0.25, -0.2) is 9.98 Å². The van der Waals surface area contributed by atoms with Crippen LogP contribution in [-0.2, 0) is 0 Å². The first-order valence-corrected chi connectivity index (χ1v) is 19.7. The molecule has 0 fully saturated rings. The molecule has 10 aromatic rings. The van der Waals surface area contributed by atoms with Crippen molar-refractivity contribution >= 4 is 65.1 Å². The van der Waals surface area contributed by atoms with E-state index in [1.54, 1.807) is 0 Å². The van der Waals surface area contributed by atoms with E-state index in [4.69, 9.17) is 14.4 Å². The SMILES string of the molecule is c1ccc(C2=NC(c3cccc(-c4cccc5oc6cc(-c7ccc8sc9cccc(-c%10ccccc%10)c9c8c7)ccc6c45)c3)NC(c3ccccc3)=N2)cc1. The second-order valence-electron chi connectivity index (χ2n) is 14.2. The first-order chi connectivity index (χ1) is 27.7. The van der Waals surface area contributed by atoms with Crippen LogP contribution in [0.5, 0.6) is 0 Å². The molecule has 0 radical (unpaired) electrons. The van der Waals surface area contributed by atoms with Gasteiger partial charge in [0.05, 0.1) is 0 Å². The number of amidine groups is 2. The quantitative estimate of drug-likeness (QED) is 0.185. The largest absolute Gasteiger partial charge is 0.456 e. The van der Waals surface area contributed by atoms with Gasteiger partial charge in [0, 0.05) is 42.1 Å². The number of hydrogen-bond acceptors (Lipinski definition) is 5. The molecule has 5 heteroatoms. The normalized spacial score (nSPS) is 14.2. The molecule has 11 rings (SSSR count). The van der Waals surface area contributed by atoms with Gasteiger partial charge < -0.3 is 9.73 Å². The van der Waals surface area contributed by atoms with Gasteiger partial charge in [-0.1, -0.05) is 146 Å². The molecule has 0 amide bonds. The molecular weight excluding hydrogens is 703 g/mol. The maximum absolute atomic E-state index is 6.62. The molecule has 4 nitrogen and oxygen atoms in total. The average molecular weight is 736 g/mol. The van der Waals surface area contributed by atoms with Crippen molar-refractivity contribution in [2.45, 2.75) is 6.17 Å². The second-order valence-corrected chi connectivity index (χ2v) is 15.3. The molecule has 3 heterocycles. The van der Waals surface area contributed by atoms with Crippen molar-refractivity contribution in [3.05, 3.63) is 205 Å². The molecule has 264 valence electrons. The zero-order chi connectivity index (χ0) is 37.0. The Balaban J connectivity index is 0.980. The molecule has 1 unspecified atom stereocenters. The highest BCUT2D eigenvalue weighted by molar-refractivity contribution is 7.26. The molecule has 0 spiro atoms. The monoisotopic (exact) mass is 735 g/mol. The summed E-state index contributed by atoms with van der Waals surface area (Å²) < 4.78 is 9.21. The molecule has 0 bridgehead atoms. The number of fused-ring (bicyclic) bond motifs is 6. The topological polar surface area (TPSA) is 49.9 Å². The van der Waals surface area contributed by atoms with Crippen molar-refractivity contribution < 1.29 is 4.42 Å². The summed E-state index contributed by atoms with van der Waals surface area (Å²) in [6.07, 6.45) is -0.317. The van der Waals surface area contributed by atoms with E-state index in [-0.39, 0.29) is 6.17 Å². The smallest absolute Gasteiger partial charge is 0.159 e. The highest BCUT2D eigenvalue weighted by atomic mass is 32.1. The number of nitrogens with zero attached hydrogens (tertiary/aromatic N) is 2. The Morgan fingerprint density at radius 1 is 0.446 bits per heavy atom. The lowest BCUT2D eigenvalue weighted by Crippen LogP contribution is -2.33. The van der Waals surface area contributed by atoms with Crippen LogP contribution in [0.2, 0.25) is 0 Å². The Morgan fingerprint density at radius 3 is 1.91 bits per heavy atom. The maximum Gasteiger partial charge on any atom is 0.159 e. The first-order valence-electron chi connectivity index (χ1n) is 18.8. The summed E-state index contributed by atoms with van der Waals surface area (Å²) >= 11 is 1.85. The van der Waals surface area contributed by atoms with Crippen LogP contribution in [-0.4, -0.2) is 11.7 Å². The van der Waals surface area contributed by atoms with E-state index >= 15 is 0 Å². The number of nitrogens with one attached hydrogen (secondary N) is 1. The Kier molecular flexibility index (Phi) is 7.71. The Labute approximate surface area is 327 Å².